The fourth-order valence-corrected chi connectivity index (χ4v) is 3.34. The molecule has 4 rings (SSSR count). The van der Waals surface area contributed by atoms with Gasteiger partial charge in [-0.25, -0.2) is 4.98 Å². The normalized spacial score (nSPS) is 10.6. The number of para-hydroxylation sites is 1. The quantitative estimate of drug-likeness (QED) is 0.415. The van der Waals surface area contributed by atoms with Gasteiger partial charge in [0, 0.05) is 11.8 Å². The summed E-state index contributed by atoms with van der Waals surface area (Å²) in [6.45, 7) is 2.53. The first-order valence-electron chi connectivity index (χ1n) is 10.5. The smallest absolute Gasteiger partial charge is 0.225 e. The van der Waals surface area contributed by atoms with E-state index in [0.717, 1.165) is 23.1 Å². The van der Waals surface area contributed by atoms with E-state index in [1.165, 1.54) is 16.4 Å². The average Bonchev–Trinajstić information content (AvgIpc) is 3.24. The number of rotatable bonds is 8. The van der Waals surface area contributed by atoms with E-state index < -0.39 is 0 Å². The summed E-state index contributed by atoms with van der Waals surface area (Å²) in [7, 11) is 0. The van der Waals surface area contributed by atoms with E-state index in [9.17, 15) is 10.1 Å². The molecule has 0 bridgehead atoms. The second-order valence-electron chi connectivity index (χ2n) is 7.29. The zero-order valence-corrected chi connectivity index (χ0v) is 17.8. The molecule has 0 spiro atoms. The third-order valence-corrected chi connectivity index (χ3v) is 5.10. The number of ether oxygens (including phenoxy) is 1. The van der Waals surface area contributed by atoms with Crippen LogP contribution in [0.15, 0.2) is 66.9 Å². The summed E-state index contributed by atoms with van der Waals surface area (Å²) < 4.78 is 7.19. The van der Waals surface area contributed by atoms with E-state index in [1.807, 2.05) is 60.7 Å². The van der Waals surface area contributed by atoms with Crippen LogP contribution in [-0.2, 0) is 11.2 Å². The molecular weight excluding hydrogens is 402 g/mol. The topological polar surface area (TPSA) is 92.8 Å². The zero-order chi connectivity index (χ0) is 22.3. The van der Waals surface area contributed by atoms with Gasteiger partial charge in [0.05, 0.1) is 18.3 Å². The maximum Gasteiger partial charge on any atom is 0.225 e. The van der Waals surface area contributed by atoms with Crippen LogP contribution >= 0.6 is 0 Å². The number of pyridine rings is 1. The van der Waals surface area contributed by atoms with Gasteiger partial charge in [-0.1, -0.05) is 37.3 Å². The van der Waals surface area contributed by atoms with Crippen molar-refractivity contribution in [2.45, 2.75) is 26.2 Å². The van der Waals surface area contributed by atoms with E-state index in [-0.39, 0.29) is 17.9 Å². The molecule has 0 aliphatic heterocycles. The summed E-state index contributed by atoms with van der Waals surface area (Å²) in [5.41, 5.74) is 2.34. The number of hydrogen-bond acceptors (Lipinski definition) is 5. The van der Waals surface area contributed by atoms with E-state index in [1.54, 1.807) is 0 Å². The van der Waals surface area contributed by atoms with Gasteiger partial charge in [-0.2, -0.15) is 15.0 Å². The molecule has 7 nitrogen and oxygen atoms in total. The molecule has 32 heavy (non-hydrogen) atoms. The molecule has 2 heterocycles. The van der Waals surface area contributed by atoms with Crippen molar-refractivity contribution in [3.63, 3.8) is 0 Å². The van der Waals surface area contributed by atoms with Crippen LogP contribution in [0.25, 0.3) is 16.7 Å². The number of nitriles is 1. The summed E-state index contributed by atoms with van der Waals surface area (Å²) in [4.78, 5) is 17.1. The maximum atomic E-state index is 12.5. The highest BCUT2D eigenvalue weighted by Gasteiger charge is 2.16. The Kier molecular flexibility index (Phi) is 6.42. The van der Waals surface area contributed by atoms with Crippen molar-refractivity contribution in [1.82, 2.24) is 14.8 Å². The minimum atomic E-state index is -0.214. The number of carbonyl (C=O) groups excluding carboxylic acids is 1. The SMILES string of the molecule is CCc1ccc(OCCCC(=O)Nc2c(C#N)cnn2-c2ccc3ccccc3n2)cc1. The molecule has 0 saturated heterocycles. The first kappa shape index (κ1) is 21.1. The lowest BCUT2D eigenvalue weighted by Gasteiger charge is -2.10. The van der Waals surface area contributed by atoms with Gasteiger partial charge in [0.1, 0.15) is 17.4 Å². The lowest BCUT2D eigenvalue weighted by molar-refractivity contribution is -0.116. The molecule has 2 aromatic carbocycles. The standard InChI is InChI=1S/C25H23N5O2/c1-2-18-9-12-21(13-10-18)32-15-5-8-24(31)29-25-20(16-26)17-27-30(25)23-14-11-19-6-3-4-7-22(19)28-23/h3-4,6-7,9-14,17H,2,5,8,15H2,1H3,(H,29,31). The Morgan fingerprint density at radius 3 is 2.72 bits per heavy atom. The third kappa shape index (κ3) is 4.76. The molecule has 0 fully saturated rings. The fourth-order valence-electron chi connectivity index (χ4n) is 3.34. The van der Waals surface area contributed by atoms with Crippen molar-refractivity contribution in [1.29, 1.82) is 5.26 Å². The van der Waals surface area contributed by atoms with Gasteiger partial charge in [-0.15, -0.1) is 0 Å². The molecule has 0 radical (unpaired) electrons. The molecule has 1 amide bonds. The Balaban J connectivity index is 1.40. The number of anilines is 1. The Morgan fingerprint density at radius 1 is 1.12 bits per heavy atom. The maximum absolute atomic E-state index is 12.5. The minimum Gasteiger partial charge on any atom is -0.494 e. The first-order chi connectivity index (χ1) is 15.7. The molecule has 0 atom stereocenters. The Labute approximate surface area is 186 Å². The van der Waals surface area contributed by atoms with Crippen LogP contribution in [0.1, 0.15) is 30.9 Å². The predicted molar refractivity (Wildman–Crippen MR) is 123 cm³/mol. The molecule has 7 heteroatoms. The van der Waals surface area contributed by atoms with Gasteiger partial charge < -0.3 is 10.1 Å². The average molecular weight is 425 g/mol. The first-order valence-corrected chi connectivity index (χ1v) is 10.5. The predicted octanol–water partition coefficient (Wildman–Crippen LogP) is 4.65. The van der Waals surface area contributed by atoms with E-state index >= 15 is 0 Å². The highest BCUT2D eigenvalue weighted by molar-refractivity contribution is 5.91. The van der Waals surface area contributed by atoms with Crippen molar-refractivity contribution in [3.05, 3.63) is 78.0 Å². The van der Waals surface area contributed by atoms with Gasteiger partial charge in [0.2, 0.25) is 5.91 Å². The number of nitrogens with one attached hydrogen (secondary N) is 1. The lowest BCUT2D eigenvalue weighted by atomic mass is 10.2. The van der Waals surface area contributed by atoms with Crippen LogP contribution < -0.4 is 10.1 Å². The van der Waals surface area contributed by atoms with Gasteiger partial charge in [0.25, 0.3) is 0 Å². The lowest BCUT2D eigenvalue weighted by Crippen LogP contribution is -2.17. The van der Waals surface area contributed by atoms with E-state index in [4.69, 9.17) is 4.74 Å². The van der Waals surface area contributed by atoms with Gasteiger partial charge in [0.15, 0.2) is 11.6 Å². The molecule has 160 valence electrons. The Hall–Kier alpha value is -4.18. The molecule has 1 N–H and O–H groups in total. The van der Waals surface area contributed by atoms with E-state index in [0.29, 0.717) is 24.7 Å². The zero-order valence-electron chi connectivity index (χ0n) is 17.8. The van der Waals surface area contributed by atoms with Gasteiger partial charge in [-0.05, 0) is 48.7 Å². The van der Waals surface area contributed by atoms with E-state index in [2.05, 4.69) is 28.4 Å². The van der Waals surface area contributed by atoms with Crippen LogP contribution in [-0.4, -0.2) is 27.3 Å². The molecule has 2 aromatic heterocycles. The van der Waals surface area contributed by atoms with Crippen LogP contribution in [0.5, 0.6) is 5.75 Å². The highest BCUT2D eigenvalue weighted by atomic mass is 16.5. The second kappa shape index (κ2) is 9.75. The summed E-state index contributed by atoms with van der Waals surface area (Å²) >= 11 is 0. The monoisotopic (exact) mass is 425 g/mol. The van der Waals surface area contributed by atoms with Crippen LogP contribution in [0, 0.1) is 11.3 Å². The van der Waals surface area contributed by atoms with Gasteiger partial charge in [-0.3, -0.25) is 4.79 Å². The highest BCUT2D eigenvalue weighted by Crippen LogP contribution is 2.21. The molecule has 4 aromatic rings. The van der Waals surface area contributed by atoms with Crippen LogP contribution in [0.4, 0.5) is 5.82 Å². The number of hydrogen-bond donors (Lipinski definition) is 1. The molecule has 0 saturated carbocycles. The Morgan fingerprint density at radius 2 is 1.94 bits per heavy atom. The van der Waals surface area contributed by atoms with Crippen molar-refractivity contribution in [2.24, 2.45) is 0 Å². The van der Waals surface area contributed by atoms with Crippen molar-refractivity contribution in [2.75, 3.05) is 11.9 Å². The fraction of sp³-hybridized carbons (Fsp3) is 0.200. The largest absolute Gasteiger partial charge is 0.494 e. The number of fused-ring (bicyclic) bond motifs is 1. The summed E-state index contributed by atoms with van der Waals surface area (Å²) in [5, 5.41) is 17.5. The third-order valence-electron chi connectivity index (χ3n) is 5.10. The number of aryl methyl sites for hydroxylation is 1. The van der Waals surface area contributed by atoms with Crippen LogP contribution in [0.2, 0.25) is 0 Å². The number of carbonyl (C=O) groups is 1. The van der Waals surface area contributed by atoms with Crippen molar-refractivity contribution < 1.29 is 9.53 Å². The number of nitrogens with zero attached hydrogens (tertiary/aromatic N) is 4. The number of benzene rings is 2. The van der Waals surface area contributed by atoms with Crippen molar-refractivity contribution >= 4 is 22.6 Å². The molecule has 0 aliphatic rings. The van der Waals surface area contributed by atoms with Crippen LogP contribution in [0.3, 0.4) is 0 Å². The molecular formula is C25H23N5O2. The van der Waals surface area contributed by atoms with Gasteiger partial charge >= 0.3 is 0 Å². The summed E-state index contributed by atoms with van der Waals surface area (Å²) in [5.74, 6) is 1.42. The summed E-state index contributed by atoms with van der Waals surface area (Å²) in [6.07, 6.45) is 3.21. The second-order valence-corrected chi connectivity index (χ2v) is 7.29. The Bertz CT molecular complexity index is 1270. The summed E-state index contributed by atoms with van der Waals surface area (Å²) in [6, 6.07) is 21.5. The molecule has 0 aliphatic carbocycles. The number of amides is 1. The minimum absolute atomic E-state index is 0.214. The molecule has 0 unspecified atom stereocenters. The number of aromatic nitrogens is 3. The van der Waals surface area contributed by atoms with Crippen molar-refractivity contribution in [3.8, 4) is 17.6 Å².